The molecular weight excluding hydrogens is 278 g/mol. The van der Waals surface area contributed by atoms with E-state index < -0.39 is 23.6 Å². The van der Waals surface area contributed by atoms with Crippen molar-refractivity contribution < 1.29 is 13.6 Å². The third-order valence-corrected chi connectivity index (χ3v) is 3.01. The summed E-state index contributed by atoms with van der Waals surface area (Å²) in [5.74, 6) is -1.66. The lowest BCUT2D eigenvalue weighted by Gasteiger charge is -2.13. The molecule has 1 aromatic carbocycles. The van der Waals surface area contributed by atoms with Crippen LogP contribution in [-0.2, 0) is 6.42 Å². The molecule has 0 aliphatic rings. The summed E-state index contributed by atoms with van der Waals surface area (Å²) in [5.41, 5.74) is 0.464. The Morgan fingerprint density at radius 2 is 2.14 bits per heavy atom. The number of benzene rings is 1. The minimum atomic E-state index is -0.947. The van der Waals surface area contributed by atoms with Gasteiger partial charge < -0.3 is 5.32 Å². The van der Waals surface area contributed by atoms with E-state index in [0.29, 0.717) is 17.8 Å². The largest absolute Gasteiger partial charge is 0.343 e. The van der Waals surface area contributed by atoms with Crippen LogP contribution in [0.15, 0.2) is 18.2 Å². The Labute approximate surface area is 120 Å². The summed E-state index contributed by atoms with van der Waals surface area (Å²) < 4.78 is 26.0. The van der Waals surface area contributed by atoms with Gasteiger partial charge in [0.15, 0.2) is 11.6 Å². The minimum Gasteiger partial charge on any atom is -0.343 e. The lowest BCUT2D eigenvalue weighted by Crippen LogP contribution is -2.27. The van der Waals surface area contributed by atoms with Gasteiger partial charge in [-0.2, -0.15) is 0 Å². The number of aryl methyl sites for hydroxylation is 1. The minimum absolute atomic E-state index is 0.0351. The van der Waals surface area contributed by atoms with Crippen molar-refractivity contribution in [2.24, 2.45) is 0 Å². The van der Waals surface area contributed by atoms with E-state index >= 15 is 0 Å². The first kappa shape index (κ1) is 15.1. The molecule has 21 heavy (non-hydrogen) atoms. The highest BCUT2D eigenvalue weighted by molar-refractivity contribution is 5.90. The Bertz CT molecular complexity index is 642. The number of hydrogen-bond donors (Lipinski definition) is 2. The maximum atomic E-state index is 13.2. The van der Waals surface area contributed by atoms with Crippen LogP contribution in [-0.4, -0.2) is 21.1 Å². The zero-order valence-electron chi connectivity index (χ0n) is 11.8. The molecule has 1 atom stereocenters. The van der Waals surface area contributed by atoms with E-state index in [1.165, 1.54) is 6.07 Å². The molecule has 0 aliphatic carbocycles. The summed E-state index contributed by atoms with van der Waals surface area (Å²) in [5, 5.41) is 9.16. The van der Waals surface area contributed by atoms with E-state index in [9.17, 15) is 13.6 Å². The summed E-state index contributed by atoms with van der Waals surface area (Å²) in [6.07, 6.45) is 1.60. The van der Waals surface area contributed by atoms with Crippen molar-refractivity contribution in [2.45, 2.75) is 32.7 Å². The maximum absolute atomic E-state index is 13.2. The van der Waals surface area contributed by atoms with Gasteiger partial charge in [0.2, 0.25) is 5.82 Å². The van der Waals surface area contributed by atoms with Crippen LogP contribution in [0, 0.1) is 11.6 Å². The predicted octanol–water partition coefficient (Wildman–Crippen LogP) is 2.53. The monoisotopic (exact) mass is 294 g/mol. The molecule has 2 rings (SSSR count). The van der Waals surface area contributed by atoms with Crippen molar-refractivity contribution in [3.05, 3.63) is 47.0 Å². The normalized spacial score (nSPS) is 12.2. The SMILES string of the molecule is CCCc1nc(C(=O)NC(C)c2ccc(F)c(F)c2)n[nH]1. The molecule has 0 saturated heterocycles. The van der Waals surface area contributed by atoms with Gasteiger partial charge in [-0.05, 0) is 31.0 Å². The zero-order valence-corrected chi connectivity index (χ0v) is 11.8. The van der Waals surface area contributed by atoms with Gasteiger partial charge in [0.1, 0.15) is 5.82 Å². The van der Waals surface area contributed by atoms with Crippen LogP contribution in [0.1, 0.15) is 48.3 Å². The highest BCUT2D eigenvalue weighted by Crippen LogP contribution is 2.16. The van der Waals surface area contributed by atoms with Crippen LogP contribution in [0.4, 0.5) is 8.78 Å². The first-order chi connectivity index (χ1) is 10.0. The van der Waals surface area contributed by atoms with Crippen LogP contribution in [0.2, 0.25) is 0 Å². The quantitative estimate of drug-likeness (QED) is 0.890. The zero-order chi connectivity index (χ0) is 15.4. The van der Waals surface area contributed by atoms with Crippen molar-refractivity contribution in [3.63, 3.8) is 0 Å². The molecule has 0 radical (unpaired) electrons. The van der Waals surface area contributed by atoms with Gasteiger partial charge in [0.25, 0.3) is 5.91 Å². The fourth-order valence-electron chi connectivity index (χ4n) is 1.87. The summed E-state index contributed by atoms with van der Waals surface area (Å²) >= 11 is 0. The molecule has 0 spiro atoms. The number of carbonyl (C=O) groups excluding carboxylic acids is 1. The van der Waals surface area contributed by atoms with Crippen LogP contribution >= 0.6 is 0 Å². The van der Waals surface area contributed by atoms with Crippen molar-refractivity contribution >= 4 is 5.91 Å². The first-order valence-electron chi connectivity index (χ1n) is 6.68. The molecule has 0 aliphatic heterocycles. The topological polar surface area (TPSA) is 70.7 Å². The molecular formula is C14H16F2N4O. The molecule has 112 valence electrons. The molecule has 2 N–H and O–H groups in total. The third kappa shape index (κ3) is 3.62. The Morgan fingerprint density at radius 1 is 1.38 bits per heavy atom. The third-order valence-electron chi connectivity index (χ3n) is 3.01. The maximum Gasteiger partial charge on any atom is 0.291 e. The second kappa shape index (κ2) is 6.43. The van der Waals surface area contributed by atoms with E-state index in [0.717, 1.165) is 18.6 Å². The lowest BCUT2D eigenvalue weighted by molar-refractivity contribution is 0.0929. The molecule has 0 bridgehead atoms. The number of rotatable bonds is 5. The molecule has 1 heterocycles. The van der Waals surface area contributed by atoms with E-state index in [2.05, 4.69) is 20.5 Å². The van der Waals surface area contributed by atoms with Crippen molar-refractivity contribution in [1.29, 1.82) is 0 Å². The molecule has 0 saturated carbocycles. The lowest BCUT2D eigenvalue weighted by atomic mass is 10.1. The summed E-state index contributed by atoms with van der Waals surface area (Å²) in [4.78, 5) is 16.0. The second-order valence-electron chi connectivity index (χ2n) is 4.72. The molecule has 0 fully saturated rings. The number of hydrogen-bond acceptors (Lipinski definition) is 3. The van der Waals surface area contributed by atoms with Crippen LogP contribution in [0.25, 0.3) is 0 Å². The van der Waals surface area contributed by atoms with E-state index in [4.69, 9.17) is 0 Å². The highest BCUT2D eigenvalue weighted by atomic mass is 19.2. The van der Waals surface area contributed by atoms with Gasteiger partial charge in [-0.3, -0.25) is 9.89 Å². The first-order valence-corrected chi connectivity index (χ1v) is 6.68. The van der Waals surface area contributed by atoms with Crippen molar-refractivity contribution in [2.75, 3.05) is 0 Å². The average Bonchev–Trinajstić information content (AvgIpc) is 2.91. The number of nitrogens with zero attached hydrogens (tertiary/aromatic N) is 2. The Hall–Kier alpha value is -2.31. The van der Waals surface area contributed by atoms with Gasteiger partial charge >= 0.3 is 0 Å². The van der Waals surface area contributed by atoms with Crippen LogP contribution in [0.3, 0.4) is 0 Å². The number of halogens is 2. The van der Waals surface area contributed by atoms with Crippen LogP contribution in [0.5, 0.6) is 0 Å². The number of amides is 1. The van der Waals surface area contributed by atoms with Crippen molar-refractivity contribution in [1.82, 2.24) is 20.5 Å². The summed E-state index contributed by atoms with van der Waals surface area (Å²) in [7, 11) is 0. The summed E-state index contributed by atoms with van der Waals surface area (Å²) in [6.45, 7) is 3.66. The number of aromatic nitrogens is 3. The predicted molar refractivity (Wildman–Crippen MR) is 72.6 cm³/mol. The van der Waals surface area contributed by atoms with Crippen LogP contribution < -0.4 is 5.32 Å². The number of H-pyrrole nitrogens is 1. The van der Waals surface area contributed by atoms with Gasteiger partial charge in [0, 0.05) is 6.42 Å². The standard InChI is InChI=1S/C14H16F2N4O/c1-3-4-12-18-13(20-19-12)14(21)17-8(2)9-5-6-10(15)11(16)7-9/h5-8H,3-4H2,1-2H3,(H,17,21)(H,18,19,20). The average molecular weight is 294 g/mol. The number of aromatic amines is 1. The number of nitrogens with one attached hydrogen (secondary N) is 2. The molecule has 7 heteroatoms. The fourth-order valence-corrected chi connectivity index (χ4v) is 1.87. The molecule has 1 amide bonds. The van der Waals surface area contributed by atoms with Gasteiger partial charge in [-0.15, -0.1) is 5.10 Å². The fraction of sp³-hybridized carbons (Fsp3) is 0.357. The highest BCUT2D eigenvalue weighted by Gasteiger charge is 2.16. The van der Waals surface area contributed by atoms with E-state index in [1.54, 1.807) is 6.92 Å². The Kier molecular flexibility index (Phi) is 4.62. The summed E-state index contributed by atoms with van der Waals surface area (Å²) in [6, 6.07) is 3.02. The molecule has 5 nitrogen and oxygen atoms in total. The Morgan fingerprint density at radius 3 is 2.81 bits per heavy atom. The molecule has 1 aromatic heterocycles. The molecule has 2 aromatic rings. The Balaban J connectivity index is 2.05. The number of carbonyl (C=O) groups is 1. The second-order valence-corrected chi connectivity index (χ2v) is 4.72. The molecule has 1 unspecified atom stereocenters. The van der Waals surface area contributed by atoms with E-state index in [1.807, 2.05) is 6.92 Å². The van der Waals surface area contributed by atoms with Gasteiger partial charge in [-0.25, -0.2) is 13.8 Å². The smallest absolute Gasteiger partial charge is 0.291 e. The van der Waals surface area contributed by atoms with Crippen molar-refractivity contribution in [3.8, 4) is 0 Å². The van der Waals surface area contributed by atoms with E-state index in [-0.39, 0.29) is 5.82 Å². The van der Waals surface area contributed by atoms with Gasteiger partial charge in [-0.1, -0.05) is 13.0 Å². The van der Waals surface area contributed by atoms with Gasteiger partial charge in [0.05, 0.1) is 6.04 Å².